The SMILES string of the molecule is N/C(=N\N=C1CCCCCCCCCCC1)c1ccccn1. The predicted molar refractivity (Wildman–Crippen MR) is 93.2 cm³/mol. The molecule has 4 heteroatoms. The molecule has 0 saturated heterocycles. The number of nitrogens with zero attached hydrogens (tertiary/aromatic N) is 3. The Kier molecular flexibility index (Phi) is 7.64. The zero-order chi connectivity index (χ0) is 15.5. The van der Waals surface area contributed by atoms with E-state index in [9.17, 15) is 0 Å². The van der Waals surface area contributed by atoms with Crippen LogP contribution >= 0.6 is 0 Å². The molecule has 0 aromatic carbocycles. The van der Waals surface area contributed by atoms with Gasteiger partial charge in [0.2, 0.25) is 0 Å². The maximum atomic E-state index is 5.96. The van der Waals surface area contributed by atoms with Gasteiger partial charge >= 0.3 is 0 Å². The second-order valence-electron chi connectivity index (χ2n) is 6.05. The van der Waals surface area contributed by atoms with Gasteiger partial charge in [-0.15, -0.1) is 5.10 Å². The first-order valence-corrected chi connectivity index (χ1v) is 8.66. The van der Waals surface area contributed by atoms with Gasteiger partial charge in [-0.3, -0.25) is 4.98 Å². The summed E-state index contributed by atoms with van der Waals surface area (Å²) >= 11 is 0. The maximum absolute atomic E-state index is 5.96. The maximum Gasteiger partial charge on any atom is 0.171 e. The minimum atomic E-state index is 0.402. The lowest BCUT2D eigenvalue weighted by Crippen LogP contribution is -2.14. The van der Waals surface area contributed by atoms with Gasteiger partial charge in [0.25, 0.3) is 0 Å². The van der Waals surface area contributed by atoms with E-state index in [1.807, 2.05) is 18.2 Å². The minimum Gasteiger partial charge on any atom is -0.380 e. The molecule has 120 valence electrons. The Hall–Kier alpha value is -1.71. The molecular formula is C18H28N4. The summed E-state index contributed by atoms with van der Waals surface area (Å²) in [7, 11) is 0. The van der Waals surface area contributed by atoms with Crippen LogP contribution in [-0.4, -0.2) is 16.5 Å². The summed E-state index contributed by atoms with van der Waals surface area (Å²) in [5.41, 5.74) is 7.85. The van der Waals surface area contributed by atoms with Crippen LogP contribution in [-0.2, 0) is 0 Å². The lowest BCUT2D eigenvalue weighted by Gasteiger charge is -2.08. The molecule has 4 nitrogen and oxygen atoms in total. The molecule has 0 spiro atoms. The fraction of sp³-hybridized carbons (Fsp3) is 0.611. The van der Waals surface area contributed by atoms with Gasteiger partial charge in [0.15, 0.2) is 5.84 Å². The number of hydrogen-bond acceptors (Lipinski definition) is 3. The van der Waals surface area contributed by atoms with Crippen molar-refractivity contribution in [3.05, 3.63) is 30.1 Å². The largest absolute Gasteiger partial charge is 0.380 e. The van der Waals surface area contributed by atoms with Gasteiger partial charge in [-0.25, -0.2) is 0 Å². The molecule has 2 N–H and O–H groups in total. The van der Waals surface area contributed by atoms with Gasteiger partial charge in [0.1, 0.15) is 5.69 Å². The molecule has 0 bridgehead atoms. The second kappa shape index (κ2) is 10.1. The predicted octanol–water partition coefficient (Wildman–Crippen LogP) is 4.45. The average molecular weight is 300 g/mol. The molecule has 1 aromatic heterocycles. The highest BCUT2D eigenvalue weighted by Gasteiger charge is 2.04. The van der Waals surface area contributed by atoms with E-state index in [0.717, 1.165) is 12.8 Å². The molecule has 0 unspecified atom stereocenters. The lowest BCUT2D eigenvalue weighted by atomic mass is 10.00. The van der Waals surface area contributed by atoms with Crippen molar-refractivity contribution in [2.75, 3.05) is 0 Å². The Morgan fingerprint density at radius 1 is 0.864 bits per heavy atom. The molecule has 22 heavy (non-hydrogen) atoms. The van der Waals surface area contributed by atoms with E-state index in [2.05, 4.69) is 15.2 Å². The smallest absolute Gasteiger partial charge is 0.171 e. The third-order valence-corrected chi connectivity index (χ3v) is 4.16. The lowest BCUT2D eigenvalue weighted by molar-refractivity contribution is 0.555. The van der Waals surface area contributed by atoms with Crippen LogP contribution in [0.1, 0.15) is 76.3 Å². The molecule has 1 fully saturated rings. The van der Waals surface area contributed by atoms with E-state index in [1.54, 1.807) is 6.20 Å². The Morgan fingerprint density at radius 2 is 1.45 bits per heavy atom. The third-order valence-electron chi connectivity index (χ3n) is 4.16. The number of nitrogens with two attached hydrogens (primary N) is 1. The van der Waals surface area contributed by atoms with E-state index < -0.39 is 0 Å². The van der Waals surface area contributed by atoms with Crippen LogP contribution in [0.2, 0.25) is 0 Å². The molecule has 0 aliphatic heterocycles. The van der Waals surface area contributed by atoms with Crippen molar-refractivity contribution < 1.29 is 0 Å². The number of aromatic nitrogens is 1. The molecule has 1 saturated carbocycles. The summed E-state index contributed by atoms with van der Waals surface area (Å²) in [6, 6.07) is 5.64. The first kappa shape index (κ1) is 16.7. The topological polar surface area (TPSA) is 63.6 Å². The minimum absolute atomic E-state index is 0.402. The van der Waals surface area contributed by atoms with Crippen LogP contribution in [0.3, 0.4) is 0 Å². The van der Waals surface area contributed by atoms with Crippen molar-refractivity contribution >= 4 is 11.5 Å². The van der Waals surface area contributed by atoms with Gasteiger partial charge in [0.05, 0.1) is 0 Å². The Balaban J connectivity index is 1.95. The van der Waals surface area contributed by atoms with Crippen LogP contribution < -0.4 is 5.73 Å². The Morgan fingerprint density at radius 3 is 2.00 bits per heavy atom. The van der Waals surface area contributed by atoms with E-state index >= 15 is 0 Å². The van der Waals surface area contributed by atoms with Crippen molar-refractivity contribution in [2.24, 2.45) is 15.9 Å². The Labute approximate surface area is 133 Å². The monoisotopic (exact) mass is 300 g/mol. The fourth-order valence-corrected chi connectivity index (χ4v) is 2.81. The van der Waals surface area contributed by atoms with Crippen LogP contribution in [0.5, 0.6) is 0 Å². The highest BCUT2D eigenvalue weighted by atomic mass is 15.2. The van der Waals surface area contributed by atoms with Crippen LogP contribution in [0.25, 0.3) is 0 Å². The fourth-order valence-electron chi connectivity index (χ4n) is 2.81. The highest BCUT2D eigenvalue weighted by Crippen LogP contribution is 2.15. The summed E-state index contributed by atoms with van der Waals surface area (Å²) in [5, 5.41) is 8.63. The zero-order valence-electron chi connectivity index (χ0n) is 13.5. The number of hydrogen-bond donors (Lipinski definition) is 1. The van der Waals surface area contributed by atoms with Crippen molar-refractivity contribution in [3.8, 4) is 0 Å². The molecule has 0 amide bonds. The molecular weight excluding hydrogens is 272 g/mol. The molecule has 1 aromatic rings. The zero-order valence-corrected chi connectivity index (χ0v) is 13.5. The van der Waals surface area contributed by atoms with Crippen LogP contribution in [0.4, 0.5) is 0 Å². The first-order chi connectivity index (χ1) is 10.9. The van der Waals surface area contributed by atoms with Crippen molar-refractivity contribution in [1.29, 1.82) is 0 Å². The van der Waals surface area contributed by atoms with E-state index in [4.69, 9.17) is 5.73 Å². The van der Waals surface area contributed by atoms with Gasteiger partial charge in [0, 0.05) is 11.9 Å². The van der Waals surface area contributed by atoms with E-state index in [-0.39, 0.29) is 0 Å². The third kappa shape index (κ3) is 6.37. The standard InChI is InChI=1S/C18H28N4/c19-18(17-14-10-11-15-20-17)22-21-16-12-8-6-4-2-1-3-5-7-9-13-16/h10-11,14-15H,1-9,12-13H2,(H2,19,22). The Bertz CT molecular complexity index is 465. The second-order valence-corrected chi connectivity index (χ2v) is 6.05. The van der Waals surface area contributed by atoms with Crippen molar-refractivity contribution in [1.82, 2.24) is 4.98 Å². The van der Waals surface area contributed by atoms with Crippen molar-refractivity contribution in [2.45, 2.75) is 70.6 Å². The molecule has 1 aliphatic carbocycles. The normalized spacial score (nSPS) is 19.1. The number of rotatable bonds is 2. The molecule has 1 aliphatic rings. The van der Waals surface area contributed by atoms with Crippen molar-refractivity contribution in [3.63, 3.8) is 0 Å². The van der Waals surface area contributed by atoms with Gasteiger partial charge in [-0.2, -0.15) is 5.10 Å². The quantitative estimate of drug-likeness (QED) is 0.498. The van der Waals surface area contributed by atoms with Gasteiger partial charge in [-0.05, 0) is 37.8 Å². The number of amidine groups is 1. The molecule has 1 heterocycles. The van der Waals surface area contributed by atoms with E-state index in [1.165, 1.54) is 63.5 Å². The summed E-state index contributed by atoms with van der Waals surface area (Å²) in [6.07, 6.45) is 15.8. The van der Waals surface area contributed by atoms with Gasteiger partial charge < -0.3 is 5.73 Å². The number of pyridine rings is 1. The van der Waals surface area contributed by atoms with E-state index in [0.29, 0.717) is 11.5 Å². The van der Waals surface area contributed by atoms with Crippen LogP contribution in [0, 0.1) is 0 Å². The molecule has 2 rings (SSSR count). The summed E-state index contributed by atoms with van der Waals surface area (Å²) < 4.78 is 0. The molecule has 0 atom stereocenters. The summed E-state index contributed by atoms with van der Waals surface area (Å²) in [6.45, 7) is 0. The summed E-state index contributed by atoms with van der Waals surface area (Å²) in [4.78, 5) is 4.20. The molecule has 0 radical (unpaired) electrons. The van der Waals surface area contributed by atoms with Crippen LogP contribution in [0.15, 0.2) is 34.6 Å². The highest BCUT2D eigenvalue weighted by molar-refractivity contribution is 5.96. The first-order valence-electron chi connectivity index (χ1n) is 8.66. The van der Waals surface area contributed by atoms with Gasteiger partial charge in [-0.1, -0.05) is 51.0 Å². The summed E-state index contributed by atoms with van der Waals surface area (Å²) in [5.74, 6) is 0.402. The average Bonchev–Trinajstić information content (AvgIpc) is 2.55.